The van der Waals surface area contributed by atoms with Gasteiger partial charge in [0.05, 0.1) is 13.2 Å². The van der Waals surface area contributed by atoms with Crippen molar-refractivity contribution in [2.24, 2.45) is 11.7 Å². The van der Waals surface area contributed by atoms with E-state index in [1.54, 1.807) is 0 Å². The molecule has 2 atom stereocenters. The van der Waals surface area contributed by atoms with E-state index in [2.05, 4.69) is 11.9 Å². The predicted octanol–water partition coefficient (Wildman–Crippen LogP) is 1.16. The molecule has 0 saturated heterocycles. The monoisotopic (exact) mass is 284 g/mol. The van der Waals surface area contributed by atoms with Gasteiger partial charge >= 0.3 is 5.97 Å². The SMILES string of the molecule is CCOC(=O)C1(N)CCC(N(C)CCOCC2CC2)C1. The number of likely N-dealkylation sites (N-methyl/N-ethyl adjacent to an activating group) is 1. The normalized spacial score (nSPS) is 29.9. The van der Waals surface area contributed by atoms with Crippen LogP contribution in [0.25, 0.3) is 0 Å². The highest BCUT2D eigenvalue weighted by Crippen LogP contribution is 2.32. The molecule has 2 unspecified atom stereocenters. The highest BCUT2D eigenvalue weighted by atomic mass is 16.5. The van der Waals surface area contributed by atoms with Crippen LogP contribution in [0.2, 0.25) is 0 Å². The minimum absolute atomic E-state index is 0.249. The largest absolute Gasteiger partial charge is 0.465 e. The third kappa shape index (κ3) is 4.17. The van der Waals surface area contributed by atoms with Crippen molar-refractivity contribution in [3.05, 3.63) is 0 Å². The minimum atomic E-state index is -0.788. The van der Waals surface area contributed by atoms with Crippen molar-refractivity contribution < 1.29 is 14.3 Å². The van der Waals surface area contributed by atoms with E-state index in [-0.39, 0.29) is 5.97 Å². The second-order valence-corrected chi connectivity index (χ2v) is 6.27. The van der Waals surface area contributed by atoms with E-state index in [9.17, 15) is 4.79 Å². The highest BCUT2D eigenvalue weighted by Gasteiger charge is 2.44. The summed E-state index contributed by atoms with van der Waals surface area (Å²) in [5, 5.41) is 0. The van der Waals surface area contributed by atoms with Gasteiger partial charge in [-0.2, -0.15) is 0 Å². The fourth-order valence-electron chi connectivity index (χ4n) is 2.81. The summed E-state index contributed by atoms with van der Waals surface area (Å²) >= 11 is 0. The fraction of sp³-hybridized carbons (Fsp3) is 0.933. The van der Waals surface area contributed by atoms with Crippen molar-refractivity contribution in [1.29, 1.82) is 0 Å². The van der Waals surface area contributed by atoms with E-state index in [4.69, 9.17) is 15.2 Å². The Morgan fingerprint density at radius 3 is 2.80 bits per heavy atom. The van der Waals surface area contributed by atoms with Crippen LogP contribution in [0, 0.1) is 5.92 Å². The molecule has 0 aromatic carbocycles. The van der Waals surface area contributed by atoms with Gasteiger partial charge in [0.15, 0.2) is 0 Å². The van der Waals surface area contributed by atoms with Crippen molar-refractivity contribution in [2.45, 2.75) is 50.6 Å². The molecule has 2 aliphatic rings. The summed E-state index contributed by atoms with van der Waals surface area (Å²) < 4.78 is 10.7. The first-order valence-corrected chi connectivity index (χ1v) is 7.79. The van der Waals surface area contributed by atoms with Crippen molar-refractivity contribution in [3.63, 3.8) is 0 Å². The Labute approximate surface area is 121 Å². The Balaban J connectivity index is 1.68. The zero-order chi connectivity index (χ0) is 14.6. The highest BCUT2D eigenvalue weighted by molar-refractivity contribution is 5.81. The standard InChI is InChI=1S/C15H28N2O3/c1-3-20-14(18)15(16)7-6-13(10-15)17(2)8-9-19-11-12-4-5-12/h12-13H,3-11,16H2,1-2H3. The van der Waals surface area contributed by atoms with Gasteiger partial charge in [-0.25, -0.2) is 0 Å². The molecule has 5 heteroatoms. The van der Waals surface area contributed by atoms with Gasteiger partial charge in [-0.15, -0.1) is 0 Å². The van der Waals surface area contributed by atoms with Gasteiger partial charge in [0.25, 0.3) is 0 Å². The maximum absolute atomic E-state index is 11.9. The minimum Gasteiger partial charge on any atom is -0.465 e. The van der Waals surface area contributed by atoms with Gasteiger partial charge in [-0.05, 0) is 52.0 Å². The lowest BCUT2D eigenvalue weighted by atomic mass is 9.99. The summed E-state index contributed by atoms with van der Waals surface area (Å²) in [6, 6.07) is 0.355. The quantitative estimate of drug-likeness (QED) is 0.535. The van der Waals surface area contributed by atoms with E-state index in [1.165, 1.54) is 12.8 Å². The number of esters is 1. The average molecular weight is 284 g/mol. The van der Waals surface area contributed by atoms with Crippen molar-refractivity contribution in [2.75, 3.05) is 33.4 Å². The second-order valence-electron chi connectivity index (χ2n) is 6.27. The molecule has 2 N–H and O–H groups in total. The zero-order valence-electron chi connectivity index (χ0n) is 12.8. The molecule has 5 nitrogen and oxygen atoms in total. The average Bonchev–Trinajstić information content (AvgIpc) is 3.16. The first-order chi connectivity index (χ1) is 9.55. The van der Waals surface area contributed by atoms with Crippen LogP contribution in [0.1, 0.15) is 39.0 Å². The molecule has 2 rings (SSSR count). The Kier molecular flexibility index (Phi) is 5.41. The van der Waals surface area contributed by atoms with Gasteiger partial charge < -0.3 is 20.1 Å². The van der Waals surface area contributed by atoms with E-state index >= 15 is 0 Å². The van der Waals surface area contributed by atoms with Crippen LogP contribution in [0.15, 0.2) is 0 Å². The Morgan fingerprint density at radius 1 is 1.40 bits per heavy atom. The van der Waals surface area contributed by atoms with E-state index in [0.717, 1.165) is 32.1 Å². The third-order valence-electron chi connectivity index (χ3n) is 4.47. The second kappa shape index (κ2) is 6.87. The molecule has 20 heavy (non-hydrogen) atoms. The fourth-order valence-corrected chi connectivity index (χ4v) is 2.81. The summed E-state index contributed by atoms with van der Waals surface area (Å²) in [6.07, 6.45) is 5.00. The first kappa shape index (κ1) is 15.7. The van der Waals surface area contributed by atoms with E-state index in [1.807, 2.05) is 6.92 Å². The maximum atomic E-state index is 11.9. The molecule has 0 aromatic heterocycles. The Hall–Kier alpha value is -0.650. The number of ether oxygens (including phenoxy) is 2. The number of carbonyl (C=O) groups is 1. The summed E-state index contributed by atoms with van der Waals surface area (Å²) in [5.74, 6) is 0.563. The van der Waals surface area contributed by atoms with Gasteiger partial charge in [-0.3, -0.25) is 4.79 Å². The van der Waals surface area contributed by atoms with Crippen molar-refractivity contribution in [3.8, 4) is 0 Å². The molecular weight excluding hydrogens is 256 g/mol. The number of carbonyl (C=O) groups excluding carboxylic acids is 1. The molecule has 2 saturated carbocycles. The van der Waals surface area contributed by atoms with Crippen LogP contribution in [0.3, 0.4) is 0 Å². The predicted molar refractivity (Wildman–Crippen MR) is 77.4 cm³/mol. The van der Waals surface area contributed by atoms with Gasteiger partial charge in [0.2, 0.25) is 0 Å². The van der Waals surface area contributed by atoms with Gasteiger partial charge in [0, 0.05) is 19.2 Å². The first-order valence-electron chi connectivity index (χ1n) is 7.79. The summed E-state index contributed by atoms with van der Waals surface area (Å²) in [4.78, 5) is 14.2. The van der Waals surface area contributed by atoms with Crippen LogP contribution in [-0.4, -0.2) is 55.9 Å². The molecule has 116 valence electrons. The number of rotatable bonds is 8. The van der Waals surface area contributed by atoms with Crippen LogP contribution in [0.5, 0.6) is 0 Å². The van der Waals surface area contributed by atoms with Crippen LogP contribution >= 0.6 is 0 Å². The molecule has 0 heterocycles. The lowest BCUT2D eigenvalue weighted by Crippen LogP contribution is -2.48. The smallest absolute Gasteiger partial charge is 0.326 e. The van der Waals surface area contributed by atoms with Crippen molar-refractivity contribution in [1.82, 2.24) is 4.90 Å². The van der Waals surface area contributed by atoms with E-state index < -0.39 is 5.54 Å². The Bertz CT molecular complexity index is 333. The zero-order valence-corrected chi connectivity index (χ0v) is 12.8. The number of nitrogens with zero attached hydrogens (tertiary/aromatic N) is 1. The molecule has 0 amide bonds. The molecular formula is C15H28N2O3. The number of nitrogens with two attached hydrogens (primary N) is 1. The summed E-state index contributed by atoms with van der Waals surface area (Å²) in [7, 11) is 2.09. The molecule has 0 aliphatic heterocycles. The van der Waals surface area contributed by atoms with Crippen molar-refractivity contribution >= 4 is 5.97 Å². The molecule has 2 aliphatic carbocycles. The number of hydrogen-bond donors (Lipinski definition) is 1. The van der Waals surface area contributed by atoms with Gasteiger partial charge in [0.1, 0.15) is 5.54 Å². The summed E-state index contributed by atoms with van der Waals surface area (Å²) in [6.45, 7) is 4.78. The Morgan fingerprint density at radius 2 is 2.15 bits per heavy atom. The molecule has 2 fully saturated rings. The topological polar surface area (TPSA) is 64.8 Å². The third-order valence-corrected chi connectivity index (χ3v) is 4.47. The molecule has 0 radical (unpaired) electrons. The maximum Gasteiger partial charge on any atom is 0.326 e. The molecule has 0 spiro atoms. The van der Waals surface area contributed by atoms with Crippen LogP contribution in [0.4, 0.5) is 0 Å². The van der Waals surface area contributed by atoms with Crippen LogP contribution < -0.4 is 5.73 Å². The van der Waals surface area contributed by atoms with Crippen LogP contribution in [-0.2, 0) is 14.3 Å². The van der Waals surface area contributed by atoms with E-state index in [0.29, 0.717) is 25.5 Å². The molecule has 0 bridgehead atoms. The lowest BCUT2D eigenvalue weighted by molar-refractivity contribution is -0.149. The number of hydrogen-bond acceptors (Lipinski definition) is 5. The summed E-state index contributed by atoms with van der Waals surface area (Å²) in [5.41, 5.74) is 5.40. The molecule has 0 aromatic rings. The lowest BCUT2D eigenvalue weighted by Gasteiger charge is -2.26. The van der Waals surface area contributed by atoms with Gasteiger partial charge in [-0.1, -0.05) is 0 Å².